The second-order valence-electron chi connectivity index (χ2n) is 8.86. The van der Waals surface area contributed by atoms with Gasteiger partial charge in [-0.1, -0.05) is 55.8 Å². The van der Waals surface area contributed by atoms with E-state index in [1.165, 1.54) is 36.7 Å². The SMILES string of the molecule is Cc1c(/N=C(\NCc2ccc(Cl)cc2)OCCC2CCCCC2)n(C)c(=O)n(CCCO)c1=O. The van der Waals surface area contributed by atoms with E-state index < -0.39 is 11.2 Å². The Morgan fingerprint density at radius 3 is 2.59 bits per heavy atom. The molecule has 186 valence electrons. The van der Waals surface area contributed by atoms with Crippen molar-refractivity contribution in [2.45, 2.75) is 65.0 Å². The van der Waals surface area contributed by atoms with Gasteiger partial charge in [-0.3, -0.25) is 13.9 Å². The number of amidine groups is 1. The number of nitrogens with zero attached hydrogens (tertiary/aromatic N) is 3. The van der Waals surface area contributed by atoms with Crippen molar-refractivity contribution in [1.82, 2.24) is 14.5 Å². The van der Waals surface area contributed by atoms with Gasteiger partial charge in [0, 0.05) is 31.8 Å². The summed E-state index contributed by atoms with van der Waals surface area (Å²) < 4.78 is 8.52. The molecular formula is C25H35ClN4O4. The van der Waals surface area contributed by atoms with Crippen molar-refractivity contribution in [3.8, 4) is 0 Å². The number of aromatic nitrogens is 2. The molecule has 34 heavy (non-hydrogen) atoms. The molecule has 0 spiro atoms. The second-order valence-corrected chi connectivity index (χ2v) is 9.30. The molecule has 0 unspecified atom stereocenters. The average molecular weight is 491 g/mol. The molecule has 0 aliphatic heterocycles. The Hall–Kier alpha value is -2.58. The molecule has 9 heteroatoms. The zero-order chi connectivity index (χ0) is 24.5. The molecule has 0 radical (unpaired) electrons. The van der Waals surface area contributed by atoms with Crippen LogP contribution in [0.5, 0.6) is 0 Å². The summed E-state index contributed by atoms with van der Waals surface area (Å²) in [6, 6.07) is 7.74. The average Bonchev–Trinajstić information content (AvgIpc) is 2.85. The summed E-state index contributed by atoms with van der Waals surface area (Å²) in [7, 11) is 1.59. The summed E-state index contributed by atoms with van der Waals surface area (Å²) >= 11 is 5.99. The maximum atomic E-state index is 12.8. The quantitative estimate of drug-likeness (QED) is 0.413. The van der Waals surface area contributed by atoms with Crippen molar-refractivity contribution in [2.24, 2.45) is 18.0 Å². The van der Waals surface area contributed by atoms with E-state index in [4.69, 9.17) is 21.4 Å². The third-order valence-electron chi connectivity index (χ3n) is 6.33. The first kappa shape index (κ1) is 26.0. The van der Waals surface area contributed by atoms with E-state index in [2.05, 4.69) is 10.3 Å². The minimum atomic E-state index is -0.470. The highest BCUT2D eigenvalue weighted by molar-refractivity contribution is 6.30. The van der Waals surface area contributed by atoms with Gasteiger partial charge >= 0.3 is 5.69 Å². The van der Waals surface area contributed by atoms with E-state index >= 15 is 0 Å². The van der Waals surface area contributed by atoms with Crippen LogP contribution in [-0.2, 0) is 24.9 Å². The maximum absolute atomic E-state index is 12.8. The molecule has 1 heterocycles. The predicted octanol–water partition coefficient (Wildman–Crippen LogP) is 3.66. The van der Waals surface area contributed by atoms with Gasteiger partial charge in [0.1, 0.15) is 0 Å². The fraction of sp³-hybridized carbons (Fsp3) is 0.560. The Balaban J connectivity index is 1.84. The first-order valence-electron chi connectivity index (χ1n) is 12.0. The summed E-state index contributed by atoms with van der Waals surface area (Å²) in [5, 5.41) is 13.0. The van der Waals surface area contributed by atoms with Crippen LogP contribution in [0.1, 0.15) is 56.1 Å². The standard InChI is InChI=1S/C25H35ClN4O4/c1-18-22(29(2)25(33)30(23(18)32)14-6-15-31)28-24(27-17-20-9-11-21(26)12-10-20)34-16-13-19-7-4-3-5-8-19/h9-12,19,31H,3-8,13-17H2,1-2H3,(H,27,28). The highest BCUT2D eigenvalue weighted by atomic mass is 35.5. The molecule has 1 aliphatic carbocycles. The Bertz CT molecular complexity index is 1050. The highest BCUT2D eigenvalue weighted by Gasteiger charge is 2.17. The van der Waals surface area contributed by atoms with Crippen molar-refractivity contribution in [3.05, 3.63) is 61.3 Å². The number of rotatable bonds is 9. The molecule has 1 aromatic carbocycles. The Labute approximate surface area is 205 Å². The van der Waals surface area contributed by atoms with Gasteiger partial charge in [-0.05, 0) is 43.4 Å². The summed E-state index contributed by atoms with van der Waals surface area (Å²) in [4.78, 5) is 30.2. The molecule has 8 nitrogen and oxygen atoms in total. The number of hydrogen-bond donors (Lipinski definition) is 2. The number of hydrogen-bond acceptors (Lipinski definition) is 5. The van der Waals surface area contributed by atoms with E-state index in [0.717, 1.165) is 16.6 Å². The number of aliphatic hydroxyl groups excluding tert-OH is 1. The predicted molar refractivity (Wildman–Crippen MR) is 135 cm³/mol. The molecule has 0 atom stereocenters. The molecule has 2 aromatic rings. The number of ether oxygens (including phenoxy) is 1. The van der Waals surface area contributed by atoms with Crippen LogP contribution in [0.3, 0.4) is 0 Å². The second kappa shape index (κ2) is 12.8. The number of nitrogens with one attached hydrogen (secondary N) is 1. The molecule has 3 rings (SSSR count). The van der Waals surface area contributed by atoms with Crippen molar-refractivity contribution in [2.75, 3.05) is 13.2 Å². The summed E-state index contributed by atoms with van der Waals surface area (Å²) in [6.07, 6.45) is 7.59. The molecular weight excluding hydrogens is 456 g/mol. The van der Waals surface area contributed by atoms with Crippen LogP contribution in [0.15, 0.2) is 38.8 Å². The Morgan fingerprint density at radius 1 is 1.21 bits per heavy atom. The van der Waals surface area contributed by atoms with Gasteiger partial charge in [-0.15, -0.1) is 0 Å². The molecule has 1 saturated carbocycles. The van der Waals surface area contributed by atoms with E-state index in [1.54, 1.807) is 14.0 Å². The fourth-order valence-electron chi connectivity index (χ4n) is 4.29. The van der Waals surface area contributed by atoms with Gasteiger partial charge in [-0.2, -0.15) is 4.99 Å². The lowest BCUT2D eigenvalue weighted by Crippen LogP contribution is -2.40. The van der Waals surface area contributed by atoms with Crippen LogP contribution in [0.2, 0.25) is 5.02 Å². The number of aliphatic imine (C=N–C) groups is 1. The Kier molecular flexibility index (Phi) is 9.77. The van der Waals surface area contributed by atoms with Crippen LogP contribution < -0.4 is 16.6 Å². The number of halogens is 1. The zero-order valence-corrected chi connectivity index (χ0v) is 20.8. The lowest BCUT2D eigenvalue weighted by Gasteiger charge is -2.22. The number of aliphatic hydroxyl groups is 1. The maximum Gasteiger partial charge on any atom is 0.332 e. The van der Waals surface area contributed by atoms with Crippen molar-refractivity contribution < 1.29 is 9.84 Å². The van der Waals surface area contributed by atoms with E-state index in [-0.39, 0.29) is 25.0 Å². The summed E-state index contributed by atoms with van der Waals surface area (Å²) in [6.45, 7) is 2.68. The van der Waals surface area contributed by atoms with Crippen molar-refractivity contribution in [3.63, 3.8) is 0 Å². The van der Waals surface area contributed by atoms with Crippen molar-refractivity contribution >= 4 is 23.4 Å². The third-order valence-corrected chi connectivity index (χ3v) is 6.58. The first-order valence-corrected chi connectivity index (χ1v) is 12.4. The van der Waals surface area contributed by atoms with Gasteiger partial charge in [0.15, 0.2) is 5.82 Å². The van der Waals surface area contributed by atoms with Crippen LogP contribution in [0, 0.1) is 12.8 Å². The first-order chi connectivity index (χ1) is 16.4. The van der Waals surface area contributed by atoms with Crippen molar-refractivity contribution in [1.29, 1.82) is 0 Å². The monoisotopic (exact) mass is 490 g/mol. The molecule has 0 bridgehead atoms. The highest BCUT2D eigenvalue weighted by Crippen LogP contribution is 2.26. The fourth-order valence-corrected chi connectivity index (χ4v) is 4.42. The topological polar surface area (TPSA) is 97.8 Å². The van der Waals surface area contributed by atoms with Gasteiger partial charge in [0.05, 0.1) is 12.2 Å². The smallest absolute Gasteiger partial charge is 0.332 e. The minimum Gasteiger partial charge on any atom is -0.465 e. The minimum absolute atomic E-state index is 0.0951. The van der Waals surface area contributed by atoms with Crippen LogP contribution in [0.4, 0.5) is 5.82 Å². The zero-order valence-electron chi connectivity index (χ0n) is 20.1. The number of benzene rings is 1. The van der Waals surface area contributed by atoms with Crippen LogP contribution >= 0.6 is 11.6 Å². The summed E-state index contributed by atoms with van der Waals surface area (Å²) in [5.41, 5.74) is 0.469. The molecule has 1 aromatic heterocycles. The molecule has 1 aliphatic rings. The van der Waals surface area contributed by atoms with E-state index in [9.17, 15) is 9.59 Å². The van der Waals surface area contributed by atoms with Gasteiger partial charge in [0.2, 0.25) is 0 Å². The van der Waals surface area contributed by atoms with E-state index in [1.807, 2.05) is 24.3 Å². The lowest BCUT2D eigenvalue weighted by molar-refractivity contribution is 0.229. The normalized spacial score (nSPS) is 14.9. The Morgan fingerprint density at radius 2 is 1.91 bits per heavy atom. The van der Waals surface area contributed by atoms with Gasteiger partial charge in [-0.25, -0.2) is 4.79 Å². The largest absolute Gasteiger partial charge is 0.465 e. The molecule has 1 fully saturated rings. The lowest BCUT2D eigenvalue weighted by atomic mass is 9.87. The van der Waals surface area contributed by atoms with Crippen LogP contribution in [-0.4, -0.2) is 33.5 Å². The van der Waals surface area contributed by atoms with Gasteiger partial charge in [0.25, 0.3) is 11.6 Å². The van der Waals surface area contributed by atoms with Crippen LogP contribution in [0.25, 0.3) is 0 Å². The molecule has 0 amide bonds. The molecule has 0 saturated heterocycles. The third kappa shape index (κ3) is 6.96. The molecule has 2 N–H and O–H groups in total. The van der Waals surface area contributed by atoms with E-state index in [0.29, 0.717) is 36.1 Å². The van der Waals surface area contributed by atoms with Gasteiger partial charge < -0.3 is 15.2 Å². The summed E-state index contributed by atoms with van der Waals surface area (Å²) in [5.74, 6) is 0.916.